The Morgan fingerprint density at radius 2 is 2.06 bits per heavy atom. The van der Waals surface area contributed by atoms with E-state index in [9.17, 15) is 4.79 Å². The van der Waals surface area contributed by atoms with Crippen LogP contribution in [0.15, 0.2) is 0 Å². The highest BCUT2D eigenvalue weighted by Crippen LogP contribution is 2.15. The summed E-state index contributed by atoms with van der Waals surface area (Å²) in [5.41, 5.74) is 5.94. The van der Waals surface area contributed by atoms with Crippen molar-refractivity contribution < 1.29 is 4.79 Å². The Morgan fingerprint density at radius 1 is 1.47 bits per heavy atom. The molecule has 2 N–H and O–H groups in total. The molecule has 1 fully saturated rings. The van der Waals surface area contributed by atoms with E-state index < -0.39 is 0 Å². The van der Waals surface area contributed by atoms with Crippen molar-refractivity contribution in [2.75, 3.05) is 27.2 Å². The Bertz CT molecular complexity index is 237. The predicted molar refractivity (Wildman–Crippen MR) is 70.8 cm³/mol. The highest BCUT2D eigenvalue weighted by Gasteiger charge is 2.26. The van der Waals surface area contributed by atoms with Gasteiger partial charge < -0.3 is 15.5 Å². The van der Waals surface area contributed by atoms with Gasteiger partial charge in [0, 0.05) is 13.1 Å². The van der Waals surface area contributed by atoms with E-state index in [2.05, 4.69) is 18.9 Å². The van der Waals surface area contributed by atoms with Crippen LogP contribution in [0, 0.1) is 0 Å². The average Bonchev–Trinajstić information content (AvgIpc) is 2.35. The third-order valence-electron chi connectivity index (χ3n) is 3.77. The Kier molecular flexibility index (Phi) is 5.92. The molecule has 1 unspecified atom stereocenters. The molecule has 0 radical (unpaired) electrons. The van der Waals surface area contributed by atoms with E-state index in [1.165, 1.54) is 0 Å². The number of carbonyl (C=O) groups is 1. The summed E-state index contributed by atoms with van der Waals surface area (Å²) in [4.78, 5) is 16.3. The normalized spacial score (nSPS) is 20.2. The van der Waals surface area contributed by atoms with E-state index in [1.54, 1.807) is 0 Å². The highest BCUT2D eigenvalue weighted by molar-refractivity contribution is 5.81. The summed E-state index contributed by atoms with van der Waals surface area (Å²) in [5, 5.41) is 0. The van der Waals surface area contributed by atoms with Gasteiger partial charge in [-0.15, -0.1) is 0 Å². The Balaban J connectivity index is 2.40. The molecule has 0 aliphatic carbocycles. The number of likely N-dealkylation sites (tertiary alicyclic amines) is 1. The van der Waals surface area contributed by atoms with Crippen LogP contribution in [0.2, 0.25) is 0 Å². The number of carbonyl (C=O) groups excluding carboxylic acids is 1. The van der Waals surface area contributed by atoms with Crippen molar-refractivity contribution in [1.29, 1.82) is 0 Å². The van der Waals surface area contributed by atoms with Crippen LogP contribution in [0.3, 0.4) is 0 Å². The minimum atomic E-state index is -0.306. The van der Waals surface area contributed by atoms with Crippen molar-refractivity contribution in [1.82, 2.24) is 9.80 Å². The molecule has 0 saturated carbocycles. The number of amides is 1. The van der Waals surface area contributed by atoms with E-state index in [4.69, 9.17) is 5.73 Å². The number of nitrogens with zero attached hydrogens (tertiary/aromatic N) is 2. The molecule has 17 heavy (non-hydrogen) atoms. The molecule has 1 amide bonds. The number of likely N-dealkylation sites (N-methyl/N-ethyl adjacent to an activating group) is 1. The molecule has 0 spiro atoms. The van der Waals surface area contributed by atoms with Gasteiger partial charge in [-0.05, 0) is 39.4 Å². The molecule has 0 aromatic heterocycles. The average molecular weight is 241 g/mol. The number of nitrogens with two attached hydrogens (primary N) is 1. The van der Waals surface area contributed by atoms with Crippen LogP contribution in [0.5, 0.6) is 0 Å². The van der Waals surface area contributed by atoms with Crippen molar-refractivity contribution in [3.63, 3.8) is 0 Å². The van der Waals surface area contributed by atoms with Crippen LogP contribution in [0.4, 0.5) is 0 Å². The fourth-order valence-electron chi connectivity index (χ4n) is 2.37. The molecule has 100 valence electrons. The van der Waals surface area contributed by atoms with Gasteiger partial charge in [0.1, 0.15) is 0 Å². The first-order chi connectivity index (χ1) is 8.06. The molecular weight excluding hydrogens is 214 g/mol. The van der Waals surface area contributed by atoms with E-state index >= 15 is 0 Å². The first-order valence-corrected chi connectivity index (χ1v) is 6.77. The van der Waals surface area contributed by atoms with Gasteiger partial charge in [0.05, 0.1) is 6.04 Å². The van der Waals surface area contributed by atoms with Crippen LogP contribution in [0.25, 0.3) is 0 Å². The number of hydrogen-bond acceptors (Lipinski definition) is 3. The lowest BCUT2D eigenvalue weighted by Crippen LogP contribution is -2.49. The summed E-state index contributed by atoms with van der Waals surface area (Å²) < 4.78 is 0. The first kappa shape index (κ1) is 14.5. The van der Waals surface area contributed by atoms with Crippen molar-refractivity contribution >= 4 is 5.91 Å². The maximum absolute atomic E-state index is 12.1. The Morgan fingerprint density at radius 3 is 2.59 bits per heavy atom. The summed E-state index contributed by atoms with van der Waals surface area (Å²) in [6, 6.07) is 0.0750. The standard InChI is InChI=1S/C13H27N3O/c1-4-5-6-12(14)13(17)16(3)11-7-9-15(2)10-8-11/h11-12H,4-10,14H2,1-3H3. The van der Waals surface area contributed by atoms with Gasteiger partial charge >= 0.3 is 0 Å². The molecule has 4 nitrogen and oxygen atoms in total. The zero-order chi connectivity index (χ0) is 12.8. The second-order valence-electron chi connectivity index (χ2n) is 5.23. The molecule has 1 heterocycles. The molecule has 1 atom stereocenters. The summed E-state index contributed by atoms with van der Waals surface area (Å²) in [7, 11) is 4.04. The van der Waals surface area contributed by atoms with Gasteiger partial charge in [0.25, 0.3) is 0 Å². The largest absolute Gasteiger partial charge is 0.341 e. The van der Waals surface area contributed by atoms with E-state index in [0.29, 0.717) is 6.04 Å². The second kappa shape index (κ2) is 6.97. The fraction of sp³-hybridized carbons (Fsp3) is 0.923. The summed E-state index contributed by atoms with van der Waals surface area (Å²) in [5.74, 6) is 0.119. The SMILES string of the molecule is CCCCC(N)C(=O)N(C)C1CCN(C)CC1. The highest BCUT2D eigenvalue weighted by atomic mass is 16.2. The molecule has 4 heteroatoms. The first-order valence-electron chi connectivity index (χ1n) is 6.77. The lowest BCUT2D eigenvalue weighted by molar-refractivity contribution is -0.134. The van der Waals surface area contributed by atoms with Gasteiger partial charge in [-0.25, -0.2) is 0 Å². The predicted octanol–water partition coefficient (Wildman–Crippen LogP) is 1.06. The number of unbranched alkanes of at least 4 members (excludes halogenated alkanes) is 1. The zero-order valence-electron chi connectivity index (χ0n) is 11.5. The van der Waals surface area contributed by atoms with Crippen LogP contribution in [0.1, 0.15) is 39.0 Å². The summed E-state index contributed by atoms with van der Waals surface area (Å²) in [6.07, 6.45) is 5.08. The van der Waals surface area contributed by atoms with E-state index in [1.807, 2.05) is 11.9 Å². The molecular formula is C13H27N3O. The van der Waals surface area contributed by atoms with Crippen molar-refractivity contribution in [2.45, 2.75) is 51.1 Å². The van der Waals surface area contributed by atoms with Gasteiger partial charge in [-0.2, -0.15) is 0 Å². The van der Waals surface area contributed by atoms with E-state index in [0.717, 1.165) is 45.2 Å². The fourth-order valence-corrected chi connectivity index (χ4v) is 2.37. The van der Waals surface area contributed by atoms with Crippen LogP contribution in [-0.4, -0.2) is 55.0 Å². The Hall–Kier alpha value is -0.610. The van der Waals surface area contributed by atoms with Crippen molar-refractivity contribution in [3.05, 3.63) is 0 Å². The lowest BCUT2D eigenvalue weighted by Gasteiger charge is -2.36. The van der Waals surface area contributed by atoms with Crippen molar-refractivity contribution in [3.8, 4) is 0 Å². The van der Waals surface area contributed by atoms with Gasteiger partial charge in [-0.1, -0.05) is 19.8 Å². The van der Waals surface area contributed by atoms with Crippen LogP contribution >= 0.6 is 0 Å². The van der Waals surface area contributed by atoms with Crippen molar-refractivity contribution in [2.24, 2.45) is 5.73 Å². The minimum absolute atomic E-state index is 0.119. The molecule has 1 aliphatic heterocycles. The number of piperidine rings is 1. The van der Waals surface area contributed by atoms with Gasteiger partial charge in [0.2, 0.25) is 5.91 Å². The van der Waals surface area contributed by atoms with Gasteiger partial charge in [-0.3, -0.25) is 4.79 Å². The second-order valence-corrected chi connectivity index (χ2v) is 5.23. The molecule has 0 aromatic rings. The van der Waals surface area contributed by atoms with E-state index in [-0.39, 0.29) is 11.9 Å². The number of rotatable bonds is 5. The third kappa shape index (κ3) is 4.28. The lowest BCUT2D eigenvalue weighted by atomic mass is 10.0. The molecule has 1 rings (SSSR count). The summed E-state index contributed by atoms with van der Waals surface area (Å²) in [6.45, 7) is 4.27. The third-order valence-corrected chi connectivity index (χ3v) is 3.77. The maximum Gasteiger partial charge on any atom is 0.239 e. The monoisotopic (exact) mass is 241 g/mol. The molecule has 1 aliphatic rings. The van der Waals surface area contributed by atoms with Gasteiger partial charge in [0.15, 0.2) is 0 Å². The minimum Gasteiger partial charge on any atom is -0.341 e. The number of hydrogen-bond donors (Lipinski definition) is 1. The maximum atomic E-state index is 12.1. The zero-order valence-corrected chi connectivity index (χ0v) is 11.5. The smallest absolute Gasteiger partial charge is 0.239 e. The summed E-state index contributed by atoms with van der Waals surface area (Å²) >= 11 is 0. The Labute approximate surface area is 105 Å². The molecule has 0 bridgehead atoms. The molecule has 0 aromatic carbocycles. The van der Waals surface area contributed by atoms with Crippen LogP contribution < -0.4 is 5.73 Å². The molecule has 1 saturated heterocycles. The van der Waals surface area contributed by atoms with Crippen LogP contribution in [-0.2, 0) is 4.79 Å². The topological polar surface area (TPSA) is 49.6 Å². The quantitative estimate of drug-likeness (QED) is 0.783.